The smallest absolute Gasteiger partial charge is 0.416 e. The fraction of sp³-hybridized carbons (Fsp3) is 0.429. The van der Waals surface area contributed by atoms with Gasteiger partial charge in [-0.25, -0.2) is 0 Å². The van der Waals surface area contributed by atoms with Crippen molar-refractivity contribution in [3.63, 3.8) is 0 Å². The molecule has 19 heavy (non-hydrogen) atoms. The Balaban J connectivity index is 2.11. The van der Waals surface area contributed by atoms with Crippen molar-refractivity contribution in [2.45, 2.75) is 31.0 Å². The Morgan fingerprint density at radius 3 is 2.26 bits per heavy atom. The maximum atomic E-state index is 12.4. The Morgan fingerprint density at radius 2 is 1.84 bits per heavy atom. The molecule has 5 heteroatoms. The molecule has 1 N–H and O–H groups in total. The summed E-state index contributed by atoms with van der Waals surface area (Å²) in [6, 6.07) is 4.56. The molecular formula is C14H13F3O2. The standard InChI is InChI=1S/C14H13F3O2/c15-14(16,17)11-3-5-12(6-4-11)19-13(7-1-8-13)9-2-10-18/h3-6,18H,1,7-8,10H2. The van der Waals surface area contributed by atoms with Crippen molar-refractivity contribution < 1.29 is 23.0 Å². The molecular weight excluding hydrogens is 257 g/mol. The minimum atomic E-state index is -4.34. The second-order valence-corrected chi connectivity index (χ2v) is 4.43. The van der Waals surface area contributed by atoms with Crippen LogP contribution in [0.5, 0.6) is 5.75 Å². The fourth-order valence-electron chi connectivity index (χ4n) is 1.89. The second kappa shape index (κ2) is 5.14. The van der Waals surface area contributed by atoms with Gasteiger partial charge in [0, 0.05) is 0 Å². The van der Waals surface area contributed by atoms with E-state index in [0.29, 0.717) is 5.75 Å². The molecule has 1 aliphatic carbocycles. The number of ether oxygens (including phenoxy) is 1. The van der Waals surface area contributed by atoms with E-state index in [-0.39, 0.29) is 6.61 Å². The molecule has 0 amide bonds. The lowest BCUT2D eigenvalue weighted by atomic mass is 9.80. The van der Waals surface area contributed by atoms with Gasteiger partial charge in [0.15, 0.2) is 5.60 Å². The molecule has 1 fully saturated rings. The van der Waals surface area contributed by atoms with Gasteiger partial charge in [0.2, 0.25) is 0 Å². The number of benzene rings is 1. The van der Waals surface area contributed by atoms with Gasteiger partial charge in [0.05, 0.1) is 5.56 Å². The van der Waals surface area contributed by atoms with Crippen molar-refractivity contribution in [3.05, 3.63) is 29.8 Å². The van der Waals surface area contributed by atoms with Gasteiger partial charge in [-0.1, -0.05) is 11.8 Å². The molecule has 0 unspecified atom stereocenters. The van der Waals surface area contributed by atoms with Crippen molar-refractivity contribution in [1.29, 1.82) is 0 Å². The number of hydrogen-bond donors (Lipinski definition) is 1. The highest BCUT2D eigenvalue weighted by molar-refractivity contribution is 5.31. The highest BCUT2D eigenvalue weighted by Gasteiger charge is 2.38. The van der Waals surface area contributed by atoms with Crippen LogP contribution in [-0.2, 0) is 6.18 Å². The van der Waals surface area contributed by atoms with Gasteiger partial charge in [-0.3, -0.25) is 0 Å². The summed E-state index contributed by atoms with van der Waals surface area (Å²) in [6.45, 7) is -0.252. The van der Waals surface area contributed by atoms with Crippen molar-refractivity contribution in [3.8, 4) is 17.6 Å². The van der Waals surface area contributed by atoms with Crippen LogP contribution >= 0.6 is 0 Å². The molecule has 1 aromatic rings. The van der Waals surface area contributed by atoms with Crippen LogP contribution in [0, 0.1) is 11.8 Å². The average Bonchev–Trinajstić information content (AvgIpc) is 2.32. The van der Waals surface area contributed by atoms with Crippen molar-refractivity contribution in [1.82, 2.24) is 0 Å². The third-order valence-electron chi connectivity index (χ3n) is 3.05. The van der Waals surface area contributed by atoms with Crippen LogP contribution in [0.3, 0.4) is 0 Å². The van der Waals surface area contributed by atoms with E-state index in [1.807, 2.05) is 0 Å². The van der Waals surface area contributed by atoms with Crippen LogP contribution in [0.15, 0.2) is 24.3 Å². The quantitative estimate of drug-likeness (QED) is 0.837. The van der Waals surface area contributed by atoms with Crippen molar-refractivity contribution in [2.75, 3.05) is 6.61 Å². The molecule has 1 saturated carbocycles. The van der Waals surface area contributed by atoms with Crippen molar-refractivity contribution in [2.24, 2.45) is 0 Å². The Bertz CT molecular complexity index is 490. The Hall–Kier alpha value is -1.67. The lowest BCUT2D eigenvalue weighted by Gasteiger charge is -2.37. The van der Waals surface area contributed by atoms with E-state index in [1.165, 1.54) is 12.1 Å². The molecule has 2 nitrogen and oxygen atoms in total. The van der Waals surface area contributed by atoms with Crippen LogP contribution < -0.4 is 4.74 Å². The molecule has 0 atom stereocenters. The summed E-state index contributed by atoms with van der Waals surface area (Å²) < 4.78 is 42.9. The van der Waals surface area contributed by atoms with E-state index in [0.717, 1.165) is 31.4 Å². The minimum Gasteiger partial charge on any atom is -0.475 e. The van der Waals surface area contributed by atoms with E-state index >= 15 is 0 Å². The van der Waals surface area contributed by atoms with Crippen LogP contribution in [-0.4, -0.2) is 17.3 Å². The first-order chi connectivity index (χ1) is 8.95. The summed E-state index contributed by atoms with van der Waals surface area (Å²) in [4.78, 5) is 0. The Kier molecular flexibility index (Phi) is 3.72. The summed E-state index contributed by atoms with van der Waals surface area (Å²) in [5.41, 5.74) is -1.35. The third kappa shape index (κ3) is 3.21. The summed E-state index contributed by atoms with van der Waals surface area (Å²) >= 11 is 0. The Morgan fingerprint density at radius 1 is 1.21 bits per heavy atom. The van der Waals surface area contributed by atoms with Crippen LogP contribution in [0.25, 0.3) is 0 Å². The van der Waals surface area contributed by atoms with E-state index in [2.05, 4.69) is 11.8 Å². The second-order valence-electron chi connectivity index (χ2n) is 4.43. The van der Waals surface area contributed by atoms with Gasteiger partial charge >= 0.3 is 6.18 Å². The molecule has 0 saturated heterocycles. The fourth-order valence-corrected chi connectivity index (χ4v) is 1.89. The first-order valence-corrected chi connectivity index (χ1v) is 5.92. The van der Waals surface area contributed by atoms with Crippen LogP contribution in [0.1, 0.15) is 24.8 Å². The first-order valence-electron chi connectivity index (χ1n) is 5.92. The molecule has 0 radical (unpaired) electrons. The molecule has 1 aromatic carbocycles. The summed E-state index contributed by atoms with van der Waals surface area (Å²) in [5.74, 6) is 5.74. The number of halogens is 3. The maximum absolute atomic E-state index is 12.4. The van der Waals surface area contributed by atoms with Crippen molar-refractivity contribution >= 4 is 0 Å². The lowest BCUT2D eigenvalue weighted by Crippen LogP contribution is -2.41. The van der Waals surface area contributed by atoms with E-state index in [9.17, 15) is 13.2 Å². The van der Waals surface area contributed by atoms with Gasteiger partial charge in [0.1, 0.15) is 12.4 Å². The number of rotatable bonds is 2. The SMILES string of the molecule is OCC#CC1(Oc2ccc(C(F)(F)F)cc2)CCC1. The minimum absolute atomic E-state index is 0.252. The highest BCUT2D eigenvalue weighted by atomic mass is 19.4. The number of aliphatic hydroxyl groups is 1. The Labute approximate surface area is 109 Å². The zero-order valence-electron chi connectivity index (χ0n) is 10.1. The average molecular weight is 270 g/mol. The van der Waals surface area contributed by atoms with Gasteiger partial charge in [0.25, 0.3) is 0 Å². The third-order valence-corrected chi connectivity index (χ3v) is 3.05. The lowest BCUT2D eigenvalue weighted by molar-refractivity contribution is -0.137. The molecule has 0 heterocycles. The largest absolute Gasteiger partial charge is 0.475 e. The normalized spacial score (nSPS) is 17.1. The maximum Gasteiger partial charge on any atom is 0.416 e. The molecule has 2 rings (SSSR count). The van der Waals surface area contributed by atoms with E-state index in [1.54, 1.807) is 0 Å². The van der Waals surface area contributed by atoms with Crippen LogP contribution in [0.4, 0.5) is 13.2 Å². The zero-order valence-corrected chi connectivity index (χ0v) is 10.1. The molecule has 0 spiro atoms. The van der Waals surface area contributed by atoms with E-state index < -0.39 is 17.3 Å². The summed E-state index contributed by atoms with van der Waals surface area (Å²) in [5, 5.41) is 8.69. The number of aliphatic hydroxyl groups excluding tert-OH is 1. The molecule has 102 valence electrons. The topological polar surface area (TPSA) is 29.5 Å². The monoisotopic (exact) mass is 270 g/mol. The molecule has 0 aromatic heterocycles. The molecule has 0 aliphatic heterocycles. The number of hydrogen-bond acceptors (Lipinski definition) is 2. The molecule has 1 aliphatic rings. The van der Waals surface area contributed by atoms with Crippen LogP contribution in [0.2, 0.25) is 0 Å². The zero-order chi connectivity index (χ0) is 13.9. The predicted molar refractivity (Wildman–Crippen MR) is 63.5 cm³/mol. The molecule has 0 bridgehead atoms. The highest BCUT2D eigenvalue weighted by Crippen LogP contribution is 2.37. The van der Waals surface area contributed by atoms with Gasteiger partial charge in [-0.2, -0.15) is 13.2 Å². The summed E-state index contributed by atoms with van der Waals surface area (Å²) in [6.07, 6.45) is -1.94. The van der Waals surface area contributed by atoms with Gasteiger partial charge in [-0.15, -0.1) is 0 Å². The van der Waals surface area contributed by atoms with Gasteiger partial charge in [-0.05, 0) is 43.5 Å². The summed E-state index contributed by atoms with van der Waals surface area (Å²) in [7, 11) is 0. The van der Waals surface area contributed by atoms with Gasteiger partial charge < -0.3 is 9.84 Å². The van der Waals surface area contributed by atoms with E-state index in [4.69, 9.17) is 9.84 Å². The first kappa shape index (κ1) is 13.8. The number of alkyl halides is 3. The predicted octanol–water partition coefficient (Wildman–Crippen LogP) is 3.00.